The highest BCUT2D eigenvalue weighted by Crippen LogP contribution is 2.18. The average Bonchev–Trinajstić information content (AvgIpc) is 2.23. The van der Waals surface area contributed by atoms with E-state index in [0.717, 1.165) is 10.9 Å². The number of rotatable bonds is 5. The summed E-state index contributed by atoms with van der Waals surface area (Å²) in [4.78, 5) is 7.85. The second-order valence-electron chi connectivity index (χ2n) is 3.20. The second kappa shape index (κ2) is 5.87. The number of nitrogens with two attached hydrogens (primary N) is 1. The number of nitrogen functional groups attached to an aromatic ring is 1. The van der Waals surface area contributed by atoms with Gasteiger partial charge in [0.05, 0.1) is 10.6 Å². The smallest absolute Gasteiger partial charge is 0.221 e. The Morgan fingerprint density at radius 1 is 1.67 bits per heavy atom. The van der Waals surface area contributed by atoms with Crippen LogP contribution in [0.2, 0.25) is 0 Å². The molecule has 0 fully saturated rings. The van der Waals surface area contributed by atoms with Gasteiger partial charge in [-0.15, -0.1) is 0 Å². The molecule has 0 aliphatic carbocycles. The van der Waals surface area contributed by atoms with Gasteiger partial charge in [0.1, 0.15) is 5.82 Å². The molecule has 4 N–H and O–H groups in total. The molecule has 0 aromatic carbocycles. The van der Waals surface area contributed by atoms with E-state index in [9.17, 15) is 5.11 Å². The molecule has 0 saturated heterocycles. The van der Waals surface area contributed by atoms with Gasteiger partial charge >= 0.3 is 0 Å². The van der Waals surface area contributed by atoms with E-state index in [4.69, 9.17) is 5.73 Å². The van der Waals surface area contributed by atoms with Crippen molar-refractivity contribution >= 4 is 27.7 Å². The van der Waals surface area contributed by atoms with E-state index < -0.39 is 0 Å². The number of aromatic nitrogens is 2. The topological polar surface area (TPSA) is 84.1 Å². The molecule has 1 heterocycles. The highest BCUT2D eigenvalue weighted by Gasteiger charge is 2.04. The summed E-state index contributed by atoms with van der Waals surface area (Å²) >= 11 is 3.31. The number of anilines is 2. The van der Waals surface area contributed by atoms with Gasteiger partial charge in [0.25, 0.3) is 0 Å². The van der Waals surface area contributed by atoms with Gasteiger partial charge < -0.3 is 16.2 Å². The van der Waals surface area contributed by atoms with Crippen LogP contribution in [0, 0.1) is 0 Å². The maximum atomic E-state index is 9.35. The number of hydrogen-bond donors (Lipinski definition) is 3. The summed E-state index contributed by atoms with van der Waals surface area (Å²) in [5.74, 6) is 0.891. The molecule has 0 amide bonds. The van der Waals surface area contributed by atoms with Crippen molar-refractivity contribution in [2.24, 2.45) is 0 Å². The van der Waals surface area contributed by atoms with E-state index in [1.54, 1.807) is 6.20 Å². The standard InChI is InChI=1S/C9H15BrN4O/c1-2-6(15)3-4-12-8-7(10)5-13-9(11)14-8/h5-6,15H,2-4H2,1H3,(H3,11,12,13,14). The van der Waals surface area contributed by atoms with Crippen molar-refractivity contribution in [3.63, 3.8) is 0 Å². The van der Waals surface area contributed by atoms with Crippen LogP contribution in [0.4, 0.5) is 11.8 Å². The van der Waals surface area contributed by atoms with Crippen molar-refractivity contribution in [2.75, 3.05) is 17.6 Å². The van der Waals surface area contributed by atoms with Crippen LogP contribution in [0.15, 0.2) is 10.7 Å². The van der Waals surface area contributed by atoms with Crippen LogP contribution >= 0.6 is 15.9 Å². The molecule has 15 heavy (non-hydrogen) atoms. The maximum Gasteiger partial charge on any atom is 0.221 e. The van der Waals surface area contributed by atoms with Gasteiger partial charge in [-0.3, -0.25) is 0 Å². The Labute approximate surface area is 97.2 Å². The predicted octanol–water partition coefficient (Wildman–Crippen LogP) is 1.39. The van der Waals surface area contributed by atoms with Gasteiger partial charge in [-0.25, -0.2) is 4.98 Å². The maximum absolute atomic E-state index is 9.35. The number of halogens is 1. The molecular weight excluding hydrogens is 260 g/mol. The molecule has 0 aliphatic rings. The predicted molar refractivity (Wildman–Crippen MR) is 63.5 cm³/mol. The average molecular weight is 275 g/mol. The van der Waals surface area contributed by atoms with Gasteiger partial charge in [-0.1, -0.05) is 6.92 Å². The van der Waals surface area contributed by atoms with E-state index in [-0.39, 0.29) is 12.1 Å². The molecule has 0 saturated carbocycles. The lowest BCUT2D eigenvalue weighted by molar-refractivity contribution is 0.164. The third-order valence-corrected chi connectivity index (χ3v) is 2.58. The molecule has 1 rings (SSSR count). The lowest BCUT2D eigenvalue weighted by Gasteiger charge is -2.10. The van der Waals surface area contributed by atoms with Crippen LogP contribution in [0.25, 0.3) is 0 Å². The Bertz CT molecular complexity index is 321. The minimum atomic E-state index is -0.268. The summed E-state index contributed by atoms with van der Waals surface area (Å²) in [5.41, 5.74) is 5.45. The molecule has 1 atom stereocenters. The van der Waals surface area contributed by atoms with Gasteiger partial charge in [-0.2, -0.15) is 4.98 Å². The number of nitrogens with zero attached hydrogens (tertiary/aromatic N) is 2. The van der Waals surface area contributed by atoms with E-state index in [1.807, 2.05) is 6.92 Å². The summed E-state index contributed by atoms with van der Waals surface area (Å²) in [6, 6.07) is 0. The summed E-state index contributed by atoms with van der Waals surface area (Å²) in [5, 5.41) is 12.4. The lowest BCUT2D eigenvalue weighted by atomic mass is 10.2. The first-order valence-electron chi connectivity index (χ1n) is 4.83. The van der Waals surface area contributed by atoms with Gasteiger partial charge in [0.15, 0.2) is 0 Å². The molecule has 1 aromatic heterocycles. The normalized spacial score (nSPS) is 12.5. The van der Waals surface area contributed by atoms with Crippen LogP contribution in [0.5, 0.6) is 0 Å². The first-order chi connectivity index (χ1) is 7.13. The van der Waals surface area contributed by atoms with Gasteiger partial charge in [0, 0.05) is 12.7 Å². The lowest BCUT2D eigenvalue weighted by Crippen LogP contribution is -2.13. The number of aliphatic hydroxyl groups is 1. The molecule has 0 bridgehead atoms. The monoisotopic (exact) mass is 274 g/mol. The largest absolute Gasteiger partial charge is 0.393 e. The van der Waals surface area contributed by atoms with E-state index in [2.05, 4.69) is 31.2 Å². The third-order valence-electron chi connectivity index (χ3n) is 2.00. The summed E-state index contributed by atoms with van der Waals surface area (Å²) in [6.45, 7) is 2.60. The summed E-state index contributed by atoms with van der Waals surface area (Å²) < 4.78 is 0.766. The third kappa shape index (κ3) is 4.01. The molecule has 0 aliphatic heterocycles. The van der Waals surface area contributed by atoms with Crippen molar-refractivity contribution < 1.29 is 5.11 Å². The van der Waals surface area contributed by atoms with Crippen molar-refractivity contribution in [2.45, 2.75) is 25.9 Å². The minimum Gasteiger partial charge on any atom is -0.393 e. The van der Waals surface area contributed by atoms with Crippen LogP contribution in [0.3, 0.4) is 0 Å². The Balaban J connectivity index is 2.46. The van der Waals surface area contributed by atoms with Crippen LogP contribution in [0.1, 0.15) is 19.8 Å². The Kier molecular flexibility index (Phi) is 4.77. The molecule has 84 valence electrons. The molecule has 1 aromatic rings. The first kappa shape index (κ1) is 12.2. The zero-order valence-corrected chi connectivity index (χ0v) is 10.2. The van der Waals surface area contributed by atoms with Gasteiger partial charge in [0.2, 0.25) is 5.95 Å². The molecule has 0 radical (unpaired) electrons. The fraction of sp³-hybridized carbons (Fsp3) is 0.556. The second-order valence-corrected chi connectivity index (χ2v) is 4.06. The van der Waals surface area contributed by atoms with E-state index in [0.29, 0.717) is 18.8 Å². The zero-order chi connectivity index (χ0) is 11.3. The fourth-order valence-corrected chi connectivity index (χ4v) is 1.40. The SMILES string of the molecule is CCC(O)CCNc1nc(N)ncc1Br. The summed E-state index contributed by atoms with van der Waals surface area (Å²) in [7, 11) is 0. The van der Waals surface area contributed by atoms with E-state index in [1.165, 1.54) is 0 Å². The highest BCUT2D eigenvalue weighted by atomic mass is 79.9. The quantitative estimate of drug-likeness (QED) is 0.756. The number of nitrogens with one attached hydrogen (secondary N) is 1. The van der Waals surface area contributed by atoms with Crippen molar-refractivity contribution in [1.82, 2.24) is 9.97 Å². The zero-order valence-electron chi connectivity index (χ0n) is 8.57. The van der Waals surface area contributed by atoms with E-state index >= 15 is 0 Å². The number of hydrogen-bond acceptors (Lipinski definition) is 5. The first-order valence-corrected chi connectivity index (χ1v) is 5.62. The molecule has 0 spiro atoms. The van der Waals surface area contributed by atoms with Crippen molar-refractivity contribution in [3.05, 3.63) is 10.7 Å². The number of aliphatic hydroxyl groups excluding tert-OH is 1. The van der Waals surface area contributed by atoms with Crippen molar-refractivity contribution in [1.29, 1.82) is 0 Å². The Morgan fingerprint density at radius 2 is 2.40 bits per heavy atom. The van der Waals surface area contributed by atoms with Crippen LogP contribution < -0.4 is 11.1 Å². The Hall–Kier alpha value is -0.880. The molecular formula is C9H15BrN4O. The van der Waals surface area contributed by atoms with Crippen LogP contribution in [-0.2, 0) is 0 Å². The highest BCUT2D eigenvalue weighted by molar-refractivity contribution is 9.10. The minimum absolute atomic E-state index is 0.233. The van der Waals surface area contributed by atoms with Gasteiger partial charge in [-0.05, 0) is 28.8 Å². The van der Waals surface area contributed by atoms with Crippen molar-refractivity contribution in [3.8, 4) is 0 Å². The summed E-state index contributed by atoms with van der Waals surface area (Å²) in [6.07, 6.45) is 2.78. The fourth-order valence-electron chi connectivity index (χ4n) is 1.07. The molecule has 5 nitrogen and oxygen atoms in total. The van der Waals surface area contributed by atoms with Crippen LogP contribution in [-0.4, -0.2) is 27.7 Å². The molecule has 1 unspecified atom stereocenters. The molecule has 6 heteroatoms. The Morgan fingerprint density at radius 3 is 3.07 bits per heavy atom.